The number of hydrogen-bond acceptors (Lipinski definition) is 2. The number of benzene rings is 1. The summed E-state index contributed by atoms with van der Waals surface area (Å²) in [7, 11) is 0. The maximum atomic E-state index is 10.5. The van der Waals surface area contributed by atoms with Gasteiger partial charge in [-0.15, -0.1) is 0 Å². The highest BCUT2D eigenvalue weighted by Crippen LogP contribution is 2.23. The number of aromatic nitrogens is 2. The van der Waals surface area contributed by atoms with Crippen molar-refractivity contribution >= 4 is 17.2 Å². The predicted octanol–water partition coefficient (Wildman–Crippen LogP) is 2.56. The van der Waals surface area contributed by atoms with Crippen LogP contribution >= 0.6 is 0 Å². The van der Waals surface area contributed by atoms with Crippen LogP contribution in [0.15, 0.2) is 18.2 Å². The monoisotopic (exact) mass is 202 g/mol. The van der Waals surface area contributed by atoms with E-state index in [1.165, 1.54) is 5.56 Å². The minimum Gasteiger partial charge on any atom is -0.303 e. The topological polar surface area (TPSA) is 45.8 Å². The second-order valence-corrected chi connectivity index (χ2v) is 3.93. The molecule has 0 saturated carbocycles. The maximum Gasteiger partial charge on any atom is 0.120 e. The molecule has 0 aliphatic heterocycles. The summed E-state index contributed by atoms with van der Waals surface area (Å²) in [6, 6.07) is 6.15. The van der Waals surface area contributed by atoms with Crippen LogP contribution in [0.25, 0.3) is 10.9 Å². The van der Waals surface area contributed by atoms with Gasteiger partial charge in [0.15, 0.2) is 0 Å². The van der Waals surface area contributed by atoms with E-state index >= 15 is 0 Å². The Morgan fingerprint density at radius 1 is 1.53 bits per heavy atom. The number of aldehydes is 1. The van der Waals surface area contributed by atoms with Crippen molar-refractivity contribution in [3.63, 3.8) is 0 Å². The Bertz CT molecular complexity index is 487. The van der Waals surface area contributed by atoms with Gasteiger partial charge in [-0.25, -0.2) is 0 Å². The van der Waals surface area contributed by atoms with E-state index in [4.69, 9.17) is 0 Å². The summed E-state index contributed by atoms with van der Waals surface area (Å²) in [4.78, 5) is 10.5. The third-order valence-corrected chi connectivity index (χ3v) is 2.79. The fourth-order valence-corrected chi connectivity index (χ4v) is 1.74. The summed E-state index contributed by atoms with van der Waals surface area (Å²) >= 11 is 0. The van der Waals surface area contributed by atoms with Gasteiger partial charge in [-0.1, -0.05) is 13.0 Å². The molecule has 15 heavy (non-hydrogen) atoms. The van der Waals surface area contributed by atoms with Gasteiger partial charge in [-0.2, -0.15) is 5.10 Å². The smallest absolute Gasteiger partial charge is 0.120 e. The van der Waals surface area contributed by atoms with Crippen LogP contribution < -0.4 is 0 Å². The van der Waals surface area contributed by atoms with Gasteiger partial charge in [0.25, 0.3) is 0 Å². The second-order valence-electron chi connectivity index (χ2n) is 3.93. The lowest BCUT2D eigenvalue weighted by Gasteiger charge is -2.07. The maximum absolute atomic E-state index is 10.5. The summed E-state index contributed by atoms with van der Waals surface area (Å²) < 4.78 is 0. The second kappa shape index (κ2) is 3.85. The number of nitrogens with one attached hydrogen (secondary N) is 1. The van der Waals surface area contributed by atoms with E-state index in [-0.39, 0.29) is 5.92 Å². The molecule has 0 spiro atoms. The SMILES string of the molecule is Cc1[nH]nc2ccc(C(C)CC=O)cc12. The van der Waals surface area contributed by atoms with Crippen molar-refractivity contribution in [2.24, 2.45) is 0 Å². The molecule has 1 unspecified atom stereocenters. The van der Waals surface area contributed by atoms with Crippen LogP contribution in [0, 0.1) is 6.92 Å². The molecule has 0 saturated heterocycles. The van der Waals surface area contributed by atoms with Gasteiger partial charge in [-0.3, -0.25) is 5.10 Å². The Morgan fingerprint density at radius 2 is 2.33 bits per heavy atom. The first-order valence-corrected chi connectivity index (χ1v) is 5.10. The molecule has 1 N–H and O–H groups in total. The quantitative estimate of drug-likeness (QED) is 0.777. The molecule has 2 rings (SSSR count). The lowest BCUT2D eigenvalue weighted by atomic mass is 9.97. The average molecular weight is 202 g/mol. The van der Waals surface area contributed by atoms with E-state index in [2.05, 4.69) is 23.2 Å². The number of aromatic amines is 1. The van der Waals surface area contributed by atoms with Gasteiger partial charge in [-0.05, 0) is 30.5 Å². The summed E-state index contributed by atoms with van der Waals surface area (Å²) in [5.41, 5.74) is 3.25. The number of hydrogen-bond donors (Lipinski definition) is 1. The zero-order valence-corrected chi connectivity index (χ0v) is 8.95. The van der Waals surface area contributed by atoms with Gasteiger partial charge in [0.05, 0.1) is 5.52 Å². The summed E-state index contributed by atoms with van der Waals surface area (Å²) in [6.07, 6.45) is 1.54. The Morgan fingerprint density at radius 3 is 3.07 bits per heavy atom. The number of H-pyrrole nitrogens is 1. The number of aryl methyl sites for hydroxylation is 1. The molecule has 1 heterocycles. The Kier molecular flexibility index (Phi) is 2.54. The Labute approximate surface area is 88.5 Å². The van der Waals surface area contributed by atoms with E-state index in [0.29, 0.717) is 6.42 Å². The highest BCUT2D eigenvalue weighted by atomic mass is 16.1. The fourth-order valence-electron chi connectivity index (χ4n) is 1.74. The van der Waals surface area contributed by atoms with Crippen LogP contribution in [-0.4, -0.2) is 16.5 Å². The molecule has 0 radical (unpaired) electrons. The average Bonchev–Trinajstić information content (AvgIpc) is 2.60. The molecule has 0 amide bonds. The van der Waals surface area contributed by atoms with Gasteiger partial charge < -0.3 is 4.79 Å². The zero-order valence-electron chi connectivity index (χ0n) is 8.95. The van der Waals surface area contributed by atoms with Crippen LogP contribution in [-0.2, 0) is 4.79 Å². The molecular formula is C12H14N2O. The first-order valence-electron chi connectivity index (χ1n) is 5.10. The van der Waals surface area contributed by atoms with Crippen molar-refractivity contribution in [3.8, 4) is 0 Å². The molecule has 78 valence electrons. The first-order chi connectivity index (χ1) is 7.22. The van der Waals surface area contributed by atoms with Gasteiger partial charge in [0, 0.05) is 17.5 Å². The van der Waals surface area contributed by atoms with Crippen LogP contribution in [0.3, 0.4) is 0 Å². The van der Waals surface area contributed by atoms with Crippen molar-refractivity contribution in [1.29, 1.82) is 0 Å². The normalized spacial score (nSPS) is 12.9. The lowest BCUT2D eigenvalue weighted by Crippen LogP contribution is -1.93. The molecule has 0 aliphatic rings. The molecule has 0 aliphatic carbocycles. The van der Waals surface area contributed by atoms with Crippen molar-refractivity contribution < 1.29 is 4.79 Å². The van der Waals surface area contributed by atoms with Crippen LogP contribution in [0.5, 0.6) is 0 Å². The molecule has 3 heteroatoms. The summed E-state index contributed by atoms with van der Waals surface area (Å²) in [5.74, 6) is 0.279. The largest absolute Gasteiger partial charge is 0.303 e. The highest BCUT2D eigenvalue weighted by Gasteiger charge is 2.07. The van der Waals surface area contributed by atoms with E-state index in [1.54, 1.807) is 0 Å². The van der Waals surface area contributed by atoms with E-state index in [0.717, 1.165) is 22.9 Å². The van der Waals surface area contributed by atoms with Gasteiger partial charge >= 0.3 is 0 Å². The van der Waals surface area contributed by atoms with Crippen molar-refractivity contribution in [2.45, 2.75) is 26.2 Å². The molecular weight excluding hydrogens is 188 g/mol. The molecule has 0 bridgehead atoms. The minimum absolute atomic E-state index is 0.279. The Balaban J connectivity index is 2.45. The van der Waals surface area contributed by atoms with Gasteiger partial charge in [0.2, 0.25) is 0 Å². The third kappa shape index (κ3) is 1.77. The lowest BCUT2D eigenvalue weighted by molar-refractivity contribution is -0.108. The first kappa shape index (κ1) is 9.90. The number of carbonyl (C=O) groups excluding carboxylic acids is 1. The predicted molar refractivity (Wildman–Crippen MR) is 59.9 cm³/mol. The van der Waals surface area contributed by atoms with E-state index in [1.807, 2.05) is 19.1 Å². The Hall–Kier alpha value is -1.64. The van der Waals surface area contributed by atoms with E-state index in [9.17, 15) is 4.79 Å². The standard InChI is InChI=1S/C12H14N2O/c1-8(5-6-15)10-3-4-12-11(7-10)9(2)13-14-12/h3-4,6-8H,5H2,1-2H3,(H,13,14). The molecule has 0 fully saturated rings. The van der Waals surface area contributed by atoms with Gasteiger partial charge in [0.1, 0.15) is 6.29 Å². The van der Waals surface area contributed by atoms with Crippen LogP contribution in [0.2, 0.25) is 0 Å². The highest BCUT2D eigenvalue weighted by molar-refractivity contribution is 5.82. The van der Waals surface area contributed by atoms with Crippen LogP contribution in [0.4, 0.5) is 0 Å². The molecule has 3 nitrogen and oxygen atoms in total. The molecule has 1 atom stereocenters. The van der Waals surface area contributed by atoms with Crippen molar-refractivity contribution in [1.82, 2.24) is 10.2 Å². The minimum atomic E-state index is 0.279. The molecule has 2 aromatic rings. The number of nitrogens with zero attached hydrogens (tertiary/aromatic N) is 1. The van der Waals surface area contributed by atoms with Crippen molar-refractivity contribution in [3.05, 3.63) is 29.5 Å². The van der Waals surface area contributed by atoms with E-state index < -0.39 is 0 Å². The van der Waals surface area contributed by atoms with Crippen molar-refractivity contribution in [2.75, 3.05) is 0 Å². The zero-order chi connectivity index (χ0) is 10.8. The molecule has 1 aromatic carbocycles. The summed E-state index contributed by atoms with van der Waals surface area (Å²) in [5, 5.41) is 8.27. The summed E-state index contributed by atoms with van der Waals surface area (Å²) in [6.45, 7) is 4.06. The number of rotatable bonds is 3. The fraction of sp³-hybridized carbons (Fsp3) is 0.333. The number of fused-ring (bicyclic) bond motifs is 1. The van der Waals surface area contributed by atoms with Crippen LogP contribution in [0.1, 0.15) is 30.5 Å². The third-order valence-electron chi connectivity index (χ3n) is 2.79. The number of carbonyl (C=O) groups is 1. The molecule has 1 aromatic heterocycles.